The molecule has 11 nitrogen and oxygen atoms in total. The Hall–Kier alpha value is -2.46. The molecule has 1 unspecified atom stereocenters. The number of esters is 1. The Morgan fingerprint density at radius 1 is 1.32 bits per heavy atom. The Morgan fingerprint density at radius 2 is 1.97 bits per heavy atom. The van der Waals surface area contributed by atoms with E-state index in [1.54, 1.807) is 26.0 Å². The lowest BCUT2D eigenvalue weighted by Crippen LogP contribution is -2.50. The monoisotopic (exact) mass is 458 g/mol. The summed E-state index contributed by atoms with van der Waals surface area (Å²) in [5.41, 5.74) is 5.35. The maximum atomic E-state index is 13.0. The van der Waals surface area contributed by atoms with E-state index in [4.69, 9.17) is 24.4 Å². The molecule has 1 aromatic rings. The second-order valence-corrected chi connectivity index (χ2v) is 9.24. The van der Waals surface area contributed by atoms with Gasteiger partial charge in [0.05, 0.1) is 20.1 Å². The third-order valence-corrected chi connectivity index (χ3v) is 5.90. The van der Waals surface area contributed by atoms with Gasteiger partial charge in [0.15, 0.2) is 6.10 Å². The molecule has 31 heavy (non-hydrogen) atoms. The maximum absolute atomic E-state index is 13.0. The fourth-order valence-corrected chi connectivity index (χ4v) is 4.38. The normalized spacial score (nSPS) is 23.4. The van der Waals surface area contributed by atoms with Crippen LogP contribution in [-0.2, 0) is 39.2 Å². The van der Waals surface area contributed by atoms with Crippen molar-refractivity contribution >= 4 is 25.7 Å². The minimum atomic E-state index is -4.11. The molecule has 0 aliphatic carbocycles. The number of phosphoric ester groups is 1. The number of aliphatic carboxylic acids is 1. The molecule has 0 radical (unpaired) electrons. The fourth-order valence-electron chi connectivity index (χ4n) is 2.71. The molecule has 0 aromatic heterocycles. The van der Waals surface area contributed by atoms with Gasteiger partial charge in [-0.1, -0.05) is 26.0 Å². The smallest absolute Gasteiger partial charge is 0.480 e. The second-order valence-electron chi connectivity index (χ2n) is 7.70. The zero-order chi connectivity index (χ0) is 23.2. The number of nitrogens with one attached hydrogen (secondary N) is 1. The van der Waals surface area contributed by atoms with Gasteiger partial charge in [0, 0.05) is 12.0 Å². The number of carboxylic acid groups (broad SMARTS) is 1. The van der Waals surface area contributed by atoms with Crippen molar-refractivity contribution in [2.45, 2.75) is 38.8 Å². The van der Waals surface area contributed by atoms with Gasteiger partial charge in [0.25, 0.3) is 5.91 Å². The zero-order valence-electron chi connectivity index (χ0n) is 17.5. The SMILES string of the molecule is COC(=O)CCNC(=O)[C@@H]1O[P@](=O)(Oc2ccc(CC(N)C(=O)O)cc2)OCC1(C)C. The molecule has 2 rings (SSSR count). The first-order chi connectivity index (χ1) is 14.5. The number of carbonyl (C=O) groups is 3. The molecular weight excluding hydrogens is 431 g/mol. The summed E-state index contributed by atoms with van der Waals surface area (Å²) in [5, 5.41) is 11.4. The number of benzene rings is 1. The summed E-state index contributed by atoms with van der Waals surface area (Å²) in [6.07, 6.45) is -1.04. The van der Waals surface area contributed by atoms with Gasteiger partial charge in [-0.05, 0) is 24.1 Å². The van der Waals surface area contributed by atoms with E-state index in [-0.39, 0.29) is 31.7 Å². The van der Waals surface area contributed by atoms with Crippen LogP contribution in [0.25, 0.3) is 0 Å². The average Bonchev–Trinajstić information content (AvgIpc) is 2.71. The van der Waals surface area contributed by atoms with E-state index in [0.717, 1.165) is 0 Å². The van der Waals surface area contributed by atoms with E-state index in [9.17, 15) is 18.9 Å². The van der Waals surface area contributed by atoms with E-state index in [1.165, 1.54) is 19.2 Å². The van der Waals surface area contributed by atoms with Crippen molar-refractivity contribution in [3.05, 3.63) is 29.8 Å². The molecule has 0 saturated carbocycles. The Balaban J connectivity index is 2.03. The van der Waals surface area contributed by atoms with Crippen molar-refractivity contribution in [1.29, 1.82) is 0 Å². The molecule has 1 aliphatic rings. The highest BCUT2D eigenvalue weighted by Gasteiger charge is 2.49. The van der Waals surface area contributed by atoms with E-state index in [1.807, 2.05) is 0 Å². The molecule has 1 aromatic carbocycles. The van der Waals surface area contributed by atoms with Crippen LogP contribution in [0.15, 0.2) is 24.3 Å². The highest BCUT2D eigenvalue weighted by Crippen LogP contribution is 2.56. The largest absolute Gasteiger partial charge is 0.530 e. The maximum Gasteiger partial charge on any atom is 0.530 e. The number of hydrogen-bond donors (Lipinski definition) is 3. The minimum Gasteiger partial charge on any atom is -0.480 e. The predicted octanol–water partition coefficient (Wildman–Crippen LogP) is 1.25. The van der Waals surface area contributed by atoms with Gasteiger partial charge in [-0.3, -0.25) is 23.4 Å². The molecule has 1 fully saturated rings. The number of ether oxygens (including phenoxy) is 1. The van der Waals surface area contributed by atoms with Crippen LogP contribution in [0.4, 0.5) is 0 Å². The summed E-state index contributed by atoms with van der Waals surface area (Å²) in [4.78, 5) is 34.6. The van der Waals surface area contributed by atoms with E-state index in [2.05, 4.69) is 10.1 Å². The molecule has 12 heteroatoms. The van der Waals surface area contributed by atoms with Crippen LogP contribution in [0.1, 0.15) is 25.8 Å². The highest BCUT2D eigenvalue weighted by molar-refractivity contribution is 7.49. The van der Waals surface area contributed by atoms with E-state index in [0.29, 0.717) is 5.56 Å². The highest BCUT2D eigenvalue weighted by atomic mass is 31.2. The quantitative estimate of drug-likeness (QED) is 0.362. The molecule has 0 bridgehead atoms. The number of carboxylic acids is 1. The molecule has 1 aliphatic heterocycles. The van der Waals surface area contributed by atoms with Crippen LogP contribution in [0.5, 0.6) is 5.75 Å². The van der Waals surface area contributed by atoms with Crippen LogP contribution in [-0.4, -0.2) is 55.4 Å². The van der Waals surface area contributed by atoms with Gasteiger partial charge in [-0.15, -0.1) is 0 Å². The first-order valence-corrected chi connectivity index (χ1v) is 11.0. The van der Waals surface area contributed by atoms with Crippen molar-refractivity contribution < 1.29 is 42.4 Å². The van der Waals surface area contributed by atoms with Gasteiger partial charge in [-0.25, -0.2) is 4.57 Å². The second kappa shape index (κ2) is 10.2. The molecule has 1 amide bonds. The number of rotatable bonds is 9. The van der Waals surface area contributed by atoms with Crippen molar-refractivity contribution in [2.24, 2.45) is 11.1 Å². The molecule has 1 heterocycles. The summed E-state index contributed by atoms with van der Waals surface area (Å²) in [5.74, 6) is -2.00. The fraction of sp³-hybridized carbons (Fsp3) is 0.526. The van der Waals surface area contributed by atoms with E-state index < -0.39 is 43.2 Å². The molecule has 1 saturated heterocycles. The molecule has 172 valence electrons. The minimum absolute atomic E-state index is 0.0159. The van der Waals surface area contributed by atoms with Crippen LogP contribution >= 0.6 is 7.82 Å². The average molecular weight is 458 g/mol. The third-order valence-electron chi connectivity index (χ3n) is 4.55. The lowest BCUT2D eigenvalue weighted by atomic mass is 9.87. The number of carbonyl (C=O) groups excluding carboxylic acids is 2. The first kappa shape index (κ1) is 24.8. The van der Waals surface area contributed by atoms with Crippen molar-refractivity contribution in [3.8, 4) is 5.75 Å². The number of amides is 1. The molecule has 0 spiro atoms. The number of hydrogen-bond acceptors (Lipinski definition) is 9. The number of methoxy groups -OCH3 is 1. The van der Waals surface area contributed by atoms with Gasteiger partial charge >= 0.3 is 19.8 Å². The van der Waals surface area contributed by atoms with Gasteiger partial charge < -0.3 is 25.4 Å². The standard InChI is InChI=1S/C19H27N2O9P/c1-19(2)11-28-31(26,30-16(19)17(23)21-9-8-15(22)27-3)29-13-6-4-12(5-7-13)10-14(20)18(24)25/h4-7,14,16H,8-11,20H2,1-3H3,(H,21,23)(H,24,25)/t14?,16-,31-/m0/s1. The number of phosphoric acid groups is 1. The molecular formula is C19H27N2O9P. The Kier molecular flexibility index (Phi) is 8.19. The van der Waals surface area contributed by atoms with Gasteiger partial charge in [0.2, 0.25) is 0 Å². The Morgan fingerprint density at radius 3 is 2.55 bits per heavy atom. The van der Waals surface area contributed by atoms with Crippen LogP contribution in [0.2, 0.25) is 0 Å². The van der Waals surface area contributed by atoms with Crippen LogP contribution < -0.4 is 15.6 Å². The first-order valence-electron chi connectivity index (χ1n) is 9.50. The summed E-state index contributed by atoms with van der Waals surface area (Å²) in [6.45, 7) is 3.39. The number of nitrogens with two attached hydrogens (primary N) is 1. The Bertz CT molecular complexity index is 856. The predicted molar refractivity (Wildman–Crippen MR) is 108 cm³/mol. The molecule has 4 N–H and O–H groups in total. The van der Waals surface area contributed by atoms with E-state index >= 15 is 0 Å². The lowest BCUT2D eigenvalue weighted by Gasteiger charge is -2.39. The van der Waals surface area contributed by atoms with Crippen LogP contribution in [0.3, 0.4) is 0 Å². The van der Waals surface area contributed by atoms with Crippen molar-refractivity contribution in [2.75, 3.05) is 20.3 Å². The molecule has 3 atom stereocenters. The van der Waals surface area contributed by atoms with Gasteiger partial charge in [0.1, 0.15) is 11.8 Å². The lowest BCUT2D eigenvalue weighted by molar-refractivity contribution is -0.142. The van der Waals surface area contributed by atoms with Crippen LogP contribution in [0, 0.1) is 5.41 Å². The summed E-state index contributed by atoms with van der Waals surface area (Å²) >= 11 is 0. The van der Waals surface area contributed by atoms with Crippen molar-refractivity contribution in [3.63, 3.8) is 0 Å². The zero-order valence-corrected chi connectivity index (χ0v) is 18.4. The third kappa shape index (κ3) is 7.03. The Labute approximate surface area is 179 Å². The summed E-state index contributed by atoms with van der Waals surface area (Å²) < 4.78 is 33.6. The topological polar surface area (TPSA) is 163 Å². The van der Waals surface area contributed by atoms with Gasteiger partial charge in [-0.2, -0.15) is 0 Å². The summed E-state index contributed by atoms with van der Waals surface area (Å²) in [6, 6.07) is 5.06. The summed E-state index contributed by atoms with van der Waals surface area (Å²) in [7, 11) is -2.87. The van der Waals surface area contributed by atoms with Crippen molar-refractivity contribution in [1.82, 2.24) is 5.32 Å².